The minimum absolute atomic E-state index is 0.0283. The fourth-order valence-electron chi connectivity index (χ4n) is 3.64. The van der Waals surface area contributed by atoms with E-state index in [1.165, 1.54) is 30.6 Å². The molecule has 0 spiro atoms. The van der Waals surface area contributed by atoms with E-state index in [2.05, 4.69) is 15.0 Å². The molecule has 1 N–H and O–H groups in total. The van der Waals surface area contributed by atoms with Gasteiger partial charge >= 0.3 is 18.2 Å². The molecule has 0 unspecified atom stereocenters. The number of alkyl halides is 3. The second kappa shape index (κ2) is 10.1. The minimum Gasteiger partial charge on any atom is -0.469 e. The molecule has 0 bridgehead atoms. The number of hydrogen-bond acceptors (Lipinski definition) is 5. The summed E-state index contributed by atoms with van der Waals surface area (Å²) in [5.74, 6) is -0.301. The van der Waals surface area contributed by atoms with E-state index in [0.717, 1.165) is 11.8 Å². The summed E-state index contributed by atoms with van der Waals surface area (Å²) in [6.07, 6.45) is -1.94. The van der Waals surface area contributed by atoms with E-state index in [9.17, 15) is 22.8 Å². The number of rotatable bonds is 7. The summed E-state index contributed by atoms with van der Waals surface area (Å²) in [5.41, 5.74) is 0.437. The number of nitrogens with zero attached hydrogens (tertiary/aromatic N) is 2. The lowest BCUT2D eigenvalue weighted by atomic mass is 9.95. The quantitative estimate of drug-likeness (QED) is 0.612. The normalized spacial score (nSPS) is 16.4. The maximum absolute atomic E-state index is 13.2. The SMILES string of the molecule is COC(=O)CCCc1csc(NC(=O)N2CC[C@H](Cc3ccccc3C(F)(F)F)C2)n1. The van der Waals surface area contributed by atoms with Gasteiger partial charge in [-0.3, -0.25) is 10.1 Å². The van der Waals surface area contributed by atoms with Crippen molar-refractivity contribution in [2.45, 2.75) is 38.3 Å². The van der Waals surface area contributed by atoms with Crippen molar-refractivity contribution in [3.05, 3.63) is 46.5 Å². The molecule has 0 saturated carbocycles. The molecular formula is C21H24F3N3O3S. The smallest absolute Gasteiger partial charge is 0.416 e. The topological polar surface area (TPSA) is 71.5 Å². The number of aromatic nitrogens is 1. The first-order chi connectivity index (χ1) is 14.8. The fraction of sp³-hybridized carbons (Fsp3) is 0.476. The van der Waals surface area contributed by atoms with E-state index in [4.69, 9.17) is 0 Å². The van der Waals surface area contributed by atoms with Crippen LogP contribution in [-0.4, -0.2) is 42.1 Å². The van der Waals surface area contributed by atoms with Gasteiger partial charge in [0.05, 0.1) is 18.4 Å². The van der Waals surface area contributed by atoms with E-state index in [1.807, 2.05) is 5.38 Å². The number of aryl methyl sites for hydroxylation is 1. The van der Waals surface area contributed by atoms with Crippen LogP contribution in [0.2, 0.25) is 0 Å². The number of carbonyl (C=O) groups excluding carboxylic acids is 2. The largest absolute Gasteiger partial charge is 0.469 e. The van der Waals surface area contributed by atoms with Gasteiger partial charge in [0.2, 0.25) is 0 Å². The van der Waals surface area contributed by atoms with Crippen LogP contribution in [0, 0.1) is 5.92 Å². The van der Waals surface area contributed by atoms with Gasteiger partial charge in [-0.15, -0.1) is 11.3 Å². The van der Waals surface area contributed by atoms with Crippen molar-refractivity contribution in [3.8, 4) is 0 Å². The van der Waals surface area contributed by atoms with Gasteiger partial charge in [0.1, 0.15) is 0 Å². The highest BCUT2D eigenvalue weighted by atomic mass is 32.1. The molecule has 1 aliphatic heterocycles. The van der Waals surface area contributed by atoms with E-state index in [-0.39, 0.29) is 29.9 Å². The van der Waals surface area contributed by atoms with Crippen molar-refractivity contribution in [1.29, 1.82) is 0 Å². The highest BCUT2D eigenvalue weighted by molar-refractivity contribution is 7.13. The molecule has 168 valence electrons. The Labute approximate surface area is 182 Å². The van der Waals surface area contributed by atoms with Crippen molar-refractivity contribution in [3.63, 3.8) is 0 Å². The lowest BCUT2D eigenvalue weighted by molar-refractivity contribution is -0.141. The third-order valence-electron chi connectivity index (χ3n) is 5.21. The first kappa shape index (κ1) is 23.1. The molecular weight excluding hydrogens is 431 g/mol. The molecule has 1 aliphatic rings. The summed E-state index contributed by atoms with van der Waals surface area (Å²) >= 11 is 1.30. The van der Waals surface area contributed by atoms with Crippen LogP contribution < -0.4 is 5.32 Å². The highest BCUT2D eigenvalue weighted by Crippen LogP contribution is 2.34. The van der Waals surface area contributed by atoms with Crippen LogP contribution in [0.5, 0.6) is 0 Å². The molecule has 2 aromatic rings. The Morgan fingerprint density at radius 2 is 2.10 bits per heavy atom. The number of benzene rings is 1. The number of halogens is 3. The van der Waals surface area contributed by atoms with Crippen LogP contribution in [-0.2, 0) is 28.5 Å². The Morgan fingerprint density at radius 3 is 2.84 bits per heavy atom. The van der Waals surface area contributed by atoms with E-state index >= 15 is 0 Å². The number of esters is 1. The molecule has 0 radical (unpaired) electrons. The number of methoxy groups -OCH3 is 1. The molecule has 6 nitrogen and oxygen atoms in total. The second-order valence-electron chi connectivity index (χ2n) is 7.46. The minimum atomic E-state index is -4.38. The number of anilines is 1. The zero-order valence-corrected chi connectivity index (χ0v) is 17.9. The summed E-state index contributed by atoms with van der Waals surface area (Å²) in [5, 5.41) is 5.05. The standard InChI is InChI=1S/C21H24F3N3O3S/c1-30-18(28)8-4-6-16-13-31-19(25-16)26-20(29)27-10-9-14(12-27)11-15-5-2-3-7-17(15)21(22,23)24/h2-3,5,7,13-14H,4,6,8-12H2,1H3,(H,25,26,29)/t14-/m1/s1. The summed E-state index contributed by atoms with van der Waals surface area (Å²) in [6.45, 7) is 0.886. The Morgan fingerprint density at radius 1 is 1.32 bits per heavy atom. The number of amides is 2. The second-order valence-corrected chi connectivity index (χ2v) is 8.32. The number of thiazole rings is 1. The Bertz CT molecular complexity index is 917. The van der Waals surface area contributed by atoms with Gasteiger partial charge in [-0.25, -0.2) is 9.78 Å². The fourth-order valence-corrected chi connectivity index (χ4v) is 4.37. The predicted molar refractivity (Wildman–Crippen MR) is 111 cm³/mol. The Kier molecular flexibility index (Phi) is 7.53. The van der Waals surface area contributed by atoms with Crippen LogP contribution in [0.3, 0.4) is 0 Å². The molecule has 1 saturated heterocycles. The molecule has 31 heavy (non-hydrogen) atoms. The highest BCUT2D eigenvalue weighted by Gasteiger charge is 2.34. The molecule has 10 heteroatoms. The van der Waals surface area contributed by atoms with Crippen molar-refractivity contribution in [2.24, 2.45) is 5.92 Å². The Hall–Kier alpha value is -2.62. The number of ether oxygens (including phenoxy) is 1. The van der Waals surface area contributed by atoms with Gasteiger partial charge in [-0.05, 0) is 43.2 Å². The first-order valence-corrected chi connectivity index (χ1v) is 10.9. The van der Waals surface area contributed by atoms with Gasteiger partial charge in [0.25, 0.3) is 0 Å². The zero-order valence-electron chi connectivity index (χ0n) is 17.1. The summed E-state index contributed by atoms with van der Waals surface area (Å²) < 4.78 is 44.2. The zero-order chi connectivity index (χ0) is 22.4. The number of urea groups is 1. The average molecular weight is 456 g/mol. The predicted octanol–water partition coefficient (Wildman–Crippen LogP) is 4.75. The van der Waals surface area contributed by atoms with Gasteiger partial charge in [0.15, 0.2) is 5.13 Å². The van der Waals surface area contributed by atoms with Gasteiger partial charge < -0.3 is 9.64 Å². The average Bonchev–Trinajstić information content (AvgIpc) is 3.37. The molecule has 3 rings (SSSR count). The van der Waals surface area contributed by atoms with Gasteiger partial charge in [-0.1, -0.05) is 18.2 Å². The Balaban J connectivity index is 1.50. The first-order valence-electron chi connectivity index (χ1n) is 9.98. The van der Waals surface area contributed by atoms with Crippen molar-refractivity contribution < 1.29 is 27.5 Å². The molecule has 0 aliphatic carbocycles. The van der Waals surface area contributed by atoms with Crippen LogP contribution in [0.4, 0.5) is 23.1 Å². The van der Waals surface area contributed by atoms with E-state index in [1.54, 1.807) is 11.0 Å². The lowest BCUT2D eigenvalue weighted by Crippen LogP contribution is -2.33. The van der Waals surface area contributed by atoms with Gasteiger partial charge in [-0.2, -0.15) is 13.2 Å². The molecule has 1 aromatic heterocycles. The number of likely N-dealkylation sites (tertiary alicyclic amines) is 1. The molecule has 1 atom stereocenters. The van der Waals surface area contributed by atoms with Crippen LogP contribution >= 0.6 is 11.3 Å². The molecule has 2 amide bonds. The van der Waals surface area contributed by atoms with Crippen molar-refractivity contribution in [2.75, 3.05) is 25.5 Å². The monoisotopic (exact) mass is 455 g/mol. The third-order valence-corrected chi connectivity index (χ3v) is 6.02. The third kappa shape index (κ3) is 6.43. The summed E-state index contributed by atoms with van der Waals surface area (Å²) in [4.78, 5) is 29.6. The molecule has 1 fully saturated rings. The number of nitrogens with one attached hydrogen (secondary N) is 1. The number of carbonyl (C=O) groups is 2. The molecule has 2 heterocycles. The summed E-state index contributed by atoms with van der Waals surface area (Å²) in [6, 6.07) is 5.29. The van der Waals surface area contributed by atoms with Crippen molar-refractivity contribution in [1.82, 2.24) is 9.88 Å². The van der Waals surface area contributed by atoms with Crippen LogP contribution in [0.25, 0.3) is 0 Å². The number of hydrogen-bond donors (Lipinski definition) is 1. The van der Waals surface area contributed by atoms with Crippen LogP contribution in [0.1, 0.15) is 36.1 Å². The van der Waals surface area contributed by atoms with E-state index < -0.39 is 11.7 Å². The van der Waals surface area contributed by atoms with Crippen LogP contribution in [0.15, 0.2) is 29.6 Å². The van der Waals surface area contributed by atoms with Crippen molar-refractivity contribution >= 4 is 28.5 Å². The maximum Gasteiger partial charge on any atom is 0.416 e. The molecule has 1 aromatic carbocycles. The van der Waals surface area contributed by atoms with Gasteiger partial charge in [0, 0.05) is 24.9 Å². The summed E-state index contributed by atoms with van der Waals surface area (Å²) in [7, 11) is 1.34. The van der Waals surface area contributed by atoms with E-state index in [0.29, 0.717) is 43.9 Å². The maximum atomic E-state index is 13.2. The lowest BCUT2D eigenvalue weighted by Gasteiger charge is -2.18.